The predicted octanol–water partition coefficient (Wildman–Crippen LogP) is 3.61. The van der Waals surface area contributed by atoms with Gasteiger partial charge in [0.2, 0.25) is 0 Å². The molecule has 5 nitrogen and oxygen atoms in total. The number of benzene rings is 2. The Morgan fingerprint density at radius 1 is 1.04 bits per heavy atom. The highest BCUT2D eigenvalue weighted by atomic mass is 16.3. The second kappa shape index (κ2) is 6.65. The Morgan fingerprint density at radius 3 is 2.64 bits per heavy atom. The van der Waals surface area contributed by atoms with Crippen LogP contribution in [-0.4, -0.2) is 15.7 Å². The molecule has 0 radical (unpaired) electrons. The van der Waals surface area contributed by atoms with Gasteiger partial charge in [-0.3, -0.25) is 9.48 Å². The summed E-state index contributed by atoms with van der Waals surface area (Å²) < 4.78 is 6.92. The number of carbonyl (C=O) groups excluding carboxylic acids is 1. The Labute approximate surface area is 144 Å². The molecule has 5 heteroatoms. The van der Waals surface area contributed by atoms with E-state index in [1.807, 2.05) is 47.1 Å². The van der Waals surface area contributed by atoms with Crippen molar-refractivity contribution in [1.82, 2.24) is 15.1 Å². The largest absolute Gasteiger partial charge is 0.472 e. The number of aromatic nitrogens is 2. The molecule has 0 aliphatic heterocycles. The summed E-state index contributed by atoms with van der Waals surface area (Å²) in [5.74, 6) is -0.171. The molecule has 4 rings (SSSR count). The molecule has 1 N–H and O–H groups in total. The van der Waals surface area contributed by atoms with Gasteiger partial charge in [-0.25, -0.2) is 0 Å². The lowest BCUT2D eigenvalue weighted by Gasteiger charge is -2.03. The normalized spacial score (nSPS) is 10.9. The van der Waals surface area contributed by atoms with Gasteiger partial charge in [-0.05, 0) is 17.7 Å². The van der Waals surface area contributed by atoms with Gasteiger partial charge in [-0.15, -0.1) is 0 Å². The van der Waals surface area contributed by atoms with Crippen molar-refractivity contribution in [3.63, 3.8) is 0 Å². The third-order valence-corrected chi connectivity index (χ3v) is 4.11. The highest BCUT2D eigenvalue weighted by Gasteiger charge is 2.12. The third-order valence-electron chi connectivity index (χ3n) is 4.11. The fraction of sp³-hybridized carbons (Fsp3) is 0.100. The summed E-state index contributed by atoms with van der Waals surface area (Å²) in [6.45, 7) is 1.06. The first-order chi connectivity index (χ1) is 12.3. The molecule has 0 atom stereocenters. The summed E-state index contributed by atoms with van der Waals surface area (Å²) in [5, 5.41) is 8.66. The van der Waals surface area contributed by atoms with Crippen molar-refractivity contribution < 1.29 is 9.21 Å². The van der Waals surface area contributed by atoms with E-state index in [9.17, 15) is 4.79 Å². The van der Waals surface area contributed by atoms with E-state index in [2.05, 4.69) is 17.4 Å². The van der Waals surface area contributed by atoms with E-state index in [1.165, 1.54) is 18.1 Å². The van der Waals surface area contributed by atoms with Gasteiger partial charge in [0.25, 0.3) is 5.91 Å². The maximum absolute atomic E-state index is 12.1. The molecule has 0 saturated heterocycles. The fourth-order valence-electron chi connectivity index (χ4n) is 2.86. The second-order valence-corrected chi connectivity index (χ2v) is 5.80. The Hall–Kier alpha value is -3.34. The number of furan rings is 1. The Bertz CT molecular complexity index is 988. The predicted molar refractivity (Wildman–Crippen MR) is 95.2 cm³/mol. The average Bonchev–Trinajstić information content (AvgIpc) is 3.30. The van der Waals surface area contributed by atoms with Crippen LogP contribution in [-0.2, 0) is 13.1 Å². The zero-order chi connectivity index (χ0) is 17.1. The number of rotatable bonds is 5. The van der Waals surface area contributed by atoms with Crippen LogP contribution in [0.25, 0.3) is 10.9 Å². The van der Waals surface area contributed by atoms with E-state index in [4.69, 9.17) is 9.52 Å². The monoisotopic (exact) mass is 331 g/mol. The summed E-state index contributed by atoms with van der Waals surface area (Å²) in [7, 11) is 0. The van der Waals surface area contributed by atoms with Gasteiger partial charge in [-0.2, -0.15) is 5.10 Å². The lowest BCUT2D eigenvalue weighted by Crippen LogP contribution is -2.22. The van der Waals surface area contributed by atoms with Crippen LogP contribution in [0.3, 0.4) is 0 Å². The molecule has 0 saturated carbocycles. The van der Waals surface area contributed by atoms with Gasteiger partial charge in [0, 0.05) is 5.39 Å². The van der Waals surface area contributed by atoms with Crippen LogP contribution < -0.4 is 5.32 Å². The number of nitrogens with zero attached hydrogens (tertiary/aromatic N) is 2. The van der Waals surface area contributed by atoms with Crippen molar-refractivity contribution >= 4 is 16.8 Å². The van der Waals surface area contributed by atoms with Crippen LogP contribution in [0.4, 0.5) is 0 Å². The number of carbonyl (C=O) groups is 1. The fourth-order valence-corrected chi connectivity index (χ4v) is 2.86. The van der Waals surface area contributed by atoms with Gasteiger partial charge in [0.15, 0.2) is 0 Å². The summed E-state index contributed by atoms with van der Waals surface area (Å²) in [5.41, 5.74) is 3.60. The first-order valence-electron chi connectivity index (χ1n) is 8.10. The molecule has 0 bridgehead atoms. The highest BCUT2D eigenvalue weighted by molar-refractivity contribution is 5.94. The molecule has 0 aliphatic rings. The molecular weight excluding hydrogens is 314 g/mol. The van der Waals surface area contributed by atoms with Crippen molar-refractivity contribution in [3.8, 4) is 0 Å². The molecule has 0 unspecified atom stereocenters. The van der Waals surface area contributed by atoms with Crippen LogP contribution in [0.5, 0.6) is 0 Å². The topological polar surface area (TPSA) is 60.1 Å². The van der Waals surface area contributed by atoms with Crippen LogP contribution in [0, 0.1) is 0 Å². The zero-order valence-electron chi connectivity index (χ0n) is 13.6. The van der Waals surface area contributed by atoms with E-state index in [0.717, 1.165) is 16.6 Å². The minimum atomic E-state index is -0.171. The molecule has 2 aromatic carbocycles. The Kier molecular flexibility index (Phi) is 4.04. The second-order valence-electron chi connectivity index (χ2n) is 5.80. The Balaban J connectivity index is 1.60. The quantitative estimate of drug-likeness (QED) is 0.608. The smallest absolute Gasteiger partial charge is 0.254 e. The number of nitrogens with one attached hydrogen (secondary N) is 1. The maximum Gasteiger partial charge on any atom is 0.254 e. The SMILES string of the molecule is O=C(NCc1nn(Cc2ccccc2)c2ccccc12)c1ccoc1. The lowest BCUT2D eigenvalue weighted by molar-refractivity contribution is 0.0950. The van der Waals surface area contributed by atoms with Crippen molar-refractivity contribution in [3.05, 3.63) is 90.0 Å². The van der Waals surface area contributed by atoms with Crippen LogP contribution >= 0.6 is 0 Å². The average molecular weight is 331 g/mol. The molecular formula is C20H17N3O2. The summed E-state index contributed by atoms with van der Waals surface area (Å²) in [6, 6.07) is 19.9. The standard InChI is InChI=1S/C20H17N3O2/c24-20(16-10-11-25-14-16)21-12-18-17-8-4-5-9-19(17)23(22-18)13-15-6-2-1-3-7-15/h1-11,14H,12-13H2,(H,21,24). The molecule has 0 aliphatic carbocycles. The third kappa shape index (κ3) is 3.17. The van der Waals surface area contributed by atoms with Crippen molar-refractivity contribution in [1.29, 1.82) is 0 Å². The van der Waals surface area contributed by atoms with Crippen molar-refractivity contribution in [2.24, 2.45) is 0 Å². The zero-order valence-corrected chi connectivity index (χ0v) is 13.6. The first-order valence-corrected chi connectivity index (χ1v) is 8.10. The van der Waals surface area contributed by atoms with E-state index in [1.54, 1.807) is 6.07 Å². The molecule has 25 heavy (non-hydrogen) atoms. The van der Waals surface area contributed by atoms with Gasteiger partial charge in [0.05, 0.1) is 36.1 Å². The van der Waals surface area contributed by atoms with E-state index < -0.39 is 0 Å². The van der Waals surface area contributed by atoms with E-state index >= 15 is 0 Å². The minimum Gasteiger partial charge on any atom is -0.472 e. The number of amides is 1. The number of para-hydroxylation sites is 1. The van der Waals surface area contributed by atoms with Crippen LogP contribution in [0.15, 0.2) is 77.6 Å². The van der Waals surface area contributed by atoms with Gasteiger partial charge in [0.1, 0.15) is 6.26 Å². The first kappa shape index (κ1) is 15.2. The molecule has 0 fully saturated rings. The highest BCUT2D eigenvalue weighted by Crippen LogP contribution is 2.19. The summed E-state index contributed by atoms with van der Waals surface area (Å²) >= 11 is 0. The minimum absolute atomic E-state index is 0.171. The van der Waals surface area contributed by atoms with E-state index in [-0.39, 0.29) is 5.91 Å². The molecule has 0 spiro atoms. The van der Waals surface area contributed by atoms with Gasteiger partial charge >= 0.3 is 0 Å². The van der Waals surface area contributed by atoms with Gasteiger partial charge in [-0.1, -0.05) is 48.5 Å². The summed E-state index contributed by atoms with van der Waals surface area (Å²) in [4.78, 5) is 12.1. The number of fused-ring (bicyclic) bond motifs is 1. The number of hydrogen-bond donors (Lipinski definition) is 1. The molecule has 2 aromatic heterocycles. The van der Waals surface area contributed by atoms with E-state index in [0.29, 0.717) is 18.7 Å². The summed E-state index contributed by atoms with van der Waals surface area (Å²) in [6.07, 6.45) is 2.92. The number of hydrogen-bond acceptors (Lipinski definition) is 3. The molecule has 4 aromatic rings. The lowest BCUT2D eigenvalue weighted by atomic mass is 10.2. The van der Waals surface area contributed by atoms with Crippen molar-refractivity contribution in [2.45, 2.75) is 13.1 Å². The van der Waals surface area contributed by atoms with Crippen LogP contribution in [0.1, 0.15) is 21.6 Å². The Morgan fingerprint density at radius 2 is 1.84 bits per heavy atom. The molecule has 1 amide bonds. The van der Waals surface area contributed by atoms with Crippen molar-refractivity contribution in [2.75, 3.05) is 0 Å². The maximum atomic E-state index is 12.1. The molecule has 124 valence electrons. The van der Waals surface area contributed by atoms with Gasteiger partial charge < -0.3 is 9.73 Å². The molecule has 2 heterocycles. The van der Waals surface area contributed by atoms with Crippen LogP contribution in [0.2, 0.25) is 0 Å².